The zero-order chi connectivity index (χ0) is 22.1. The lowest BCUT2D eigenvalue weighted by molar-refractivity contribution is 0.122. The van der Waals surface area contributed by atoms with Gasteiger partial charge in [0, 0.05) is 42.5 Å². The number of rotatable bonds is 4. The van der Waals surface area contributed by atoms with Gasteiger partial charge in [-0.05, 0) is 42.3 Å². The van der Waals surface area contributed by atoms with Crippen LogP contribution in [0.1, 0.15) is 24.1 Å². The normalized spacial score (nSPS) is 14.9. The third-order valence-electron chi connectivity index (χ3n) is 6.07. The molecule has 0 amide bonds. The van der Waals surface area contributed by atoms with Gasteiger partial charge in [-0.1, -0.05) is 12.1 Å². The fourth-order valence-electron chi connectivity index (χ4n) is 4.23. The Hall–Kier alpha value is -3.89. The molecule has 5 rings (SSSR count). The second-order valence-electron chi connectivity index (χ2n) is 7.97. The molecule has 7 heteroatoms. The second kappa shape index (κ2) is 8.33. The van der Waals surface area contributed by atoms with Crippen molar-refractivity contribution in [3.05, 3.63) is 82.5 Å². The van der Waals surface area contributed by atoms with E-state index in [-0.39, 0.29) is 11.6 Å². The summed E-state index contributed by atoms with van der Waals surface area (Å²) in [5, 5.41) is 10.2. The van der Waals surface area contributed by atoms with E-state index in [4.69, 9.17) is 10.00 Å². The molecule has 32 heavy (non-hydrogen) atoms. The van der Waals surface area contributed by atoms with Crippen LogP contribution in [0.4, 0.5) is 5.69 Å². The van der Waals surface area contributed by atoms with Gasteiger partial charge in [0.1, 0.15) is 5.65 Å². The molecule has 1 unspecified atom stereocenters. The van der Waals surface area contributed by atoms with E-state index in [0.717, 1.165) is 46.5 Å². The highest BCUT2D eigenvalue weighted by atomic mass is 16.5. The lowest BCUT2D eigenvalue weighted by atomic mass is 10.0. The number of hydrogen-bond donors (Lipinski definition) is 1. The smallest absolute Gasteiger partial charge is 0.251 e. The summed E-state index contributed by atoms with van der Waals surface area (Å²) >= 11 is 0. The fourth-order valence-corrected chi connectivity index (χ4v) is 4.23. The van der Waals surface area contributed by atoms with Gasteiger partial charge in [0.25, 0.3) is 5.56 Å². The summed E-state index contributed by atoms with van der Waals surface area (Å²) in [7, 11) is 0. The summed E-state index contributed by atoms with van der Waals surface area (Å²) in [5.41, 5.74) is 5.06. The predicted octanol–water partition coefficient (Wildman–Crippen LogP) is 3.71. The number of nitrogens with one attached hydrogen (secondary N) is 1. The van der Waals surface area contributed by atoms with E-state index in [2.05, 4.69) is 27.0 Å². The second-order valence-corrected chi connectivity index (χ2v) is 7.97. The van der Waals surface area contributed by atoms with Crippen molar-refractivity contribution in [2.75, 3.05) is 31.2 Å². The van der Waals surface area contributed by atoms with Gasteiger partial charge >= 0.3 is 0 Å². The number of morpholine rings is 1. The first-order valence-electron chi connectivity index (χ1n) is 10.7. The first kappa shape index (κ1) is 20.0. The summed E-state index contributed by atoms with van der Waals surface area (Å²) in [6.07, 6.45) is 5.60. The molecule has 3 aromatic heterocycles. The van der Waals surface area contributed by atoms with Gasteiger partial charge in [0.05, 0.1) is 42.8 Å². The number of H-pyrrole nitrogens is 1. The van der Waals surface area contributed by atoms with Gasteiger partial charge in [0.15, 0.2) is 0 Å². The van der Waals surface area contributed by atoms with E-state index in [1.807, 2.05) is 49.8 Å². The quantitative estimate of drug-likeness (QED) is 0.539. The lowest BCUT2D eigenvalue weighted by Gasteiger charge is -2.28. The van der Waals surface area contributed by atoms with Crippen LogP contribution >= 0.6 is 0 Å². The van der Waals surface area contributed by atoms with E-state index in [1.165, 1.54) is 0 Å². The van der Waals surface area contributed by atoms with Gasteiger partial charge in [-0.15, -0.1) is 0 Å². The predicted molar refractivity (Wildman–Crippen MR) is 124 cm³/mol. The Morgan fingerprint density at radius 2 is 2.03 bits per heavy atom. The number of nitrogens with zero attached hydrogens (tertiary/aromatic N) is 4. The van der Waals surface area contributed by atoms with Crippen molar-refractivity contribution in [1.82, 2.24) is 14.5 Å². The molecule has 0 aliphatic carbocycles. The van der Waals surface area contributed by atoms with Crippen molar-refractivity contribution >= 4 is 16.7 Å². The van der Waals surface area contributed by atoms with Crippen LogP contribution in [0.2, 0.25) is 0 Å². The first-order valence-corrected chi connectivity index (χ1v) is 10.7. The van der Waals surface area contributed by atoms with Gasteiger partial charge in [-0.3, -0.25) is 4.79 Å². The highest BCUT2D eigenvalue weighted by molar-refractivity contribution is 5.95. The largest absolute Gasteiger partial charge is 0.378 e. The van der Waals surface area contributed by atoms with Crippen LogP contribution in [0, 0.1) is 11.3 Å². The van der Waals surface area contributed by atoms with Crippen molar-refractivity contribution in [2.24, 2.45) is 0 Å². The van der Waals surface area contributed by atoms with Crippen molar-refractivity contribution in [2.45, 2.75) is 13.0 Å². The van der Waals surface area contributed by atoms with Crippen LogP contribution in [0.5, 0.6) is 0 Å². The molecule has 1 aliphatic heterocycles. The maximum absolute atomic E-state index is 13.0. The van der Waals surface area contributed by atoms with Crippen LogP contribution in [0.15, 0.2) is 65.8 Å². The Morgan fingerprint density at radius 3 is 2.81 bits per heavy atom. The molecule has 7 nitrogen and oxygen atoms in total. The SMILES string of the molecule is CC(c1cccc(C#N)c1)n1ccc(-c2c[nH]c3ncc(N4CCOCC4)cc23)cc1=O. The summed E-state index contributed by atoms with van der Waals surface area (Å²) in [5.74, 6) is 0. The van der Waals surface area contributed by atoms with Gasteiger partial charge < -0.3 is 19.2 Å². The van der Waals surface area contributed by atoms with Crippen molar-refractivity contribution in [1.29, 1.82) is 5.26 Å². The number of nitriles is 1. The number of fused-ring (bicyclic) bond motifs is 1. The van der Waals surface area contributed by atoms with Gasteiger partial charge in [0.2, 0.25) is 0 Å². The fraction of sp³-hybridized carbons (Fsp3) is 0.240. The Bertz CT molecular complexity index is 1380. The summed E-state index contributed by atoms with van der Waals surface area (Å²) in [6.45, 7) is 5.07. The molecule has 1 fully saturated rings. The highest BCUT2D eigenvalue weighted by Gasteiger charge is 2.16. The molecule has 1 atom stereocenters. The van der Waals surface area contributed by atoms with E-state index in [0.29, 0.717) is 18.8 Å². The Balaban J connectivity index is 1.49. The molecule has 0 radical (unpaired) electrons. The van der Waals surface area contributed by atoms with Crippen molar-refractivity contribution < 1.29 is 4.74 Å². The standard InChI is InChI=1S/C25H23N5O2/c1-17(19-4-2-3-18(11-19)14-26)30-6-5-20(12-24(30)31)23-16-28-25-22(23)13-21(15-27-25)29-7-9-32-10-8-29/h2-6,11-13,15-17H,7-10H2,1H3,(H,27,28). The van der Waals surface area contributed by atoms with E-state index >= 15 is 0 Å². The van der Waals surface area contributed by atoms with Crippen LogP contribution in [-0.4, -0.2) is 40.8 Å². The van der Waals surface area contributed by atoms with Crippen LogP contribution in [-0.2, 0) is 4.74 Å². The number of pyridine rings is 2. The van der Waals surface area contributed by atoms with Crippen LogP contribution in [0.25, 0.3) is 22.2 Å². The Morgan fingerprint density at radius 1 is 1.19 bits per heavy atom. The van der Waals surface area contributed by atoms with Gasteiger partial charge in [-0.25, -0.2) is 4.98 Å². The third kappa shape index (κ3) is 3.66. The Labute approximate surface area is 185 Å². The third-order valence-corrected chi connectivity index (χ3v) is 6.07. The molecule has 0 saturated carbocycles. The summed E-state index contributed by atoms with van der Waals surface area (Å²) in [6, 6.07) is 15.1. The molecule has 4 aromatic rings. The number of aromatic amines is 1. The maximum Gasteiger partial charge on any atom is 0.251 e. The molecular weight excluding hydrogens is 402 g/mol. The molecule has 0 spiro atoms. The molecular formula is C25H23N5O2. The number of ether oxygens (including phenoxy) is 1. The number of benzene rings is 1. The zero-order valence-electron chi connectivity index (χ0n) is 17.8. The molecule has 160 valence electrons. The minimum absolute atomic E-state index is 0.0935. The van der Waals surface area contributed by atoms with Crippen LogP contribution < -0.4 is 10.5 Å². The Kier molecular flexibility index (Phi) is 5.21. The zero-order valence-corrected chi connectivity index (χ0v) is 17.8. The number of aromatic nitrogens is 3. The van der Waals surface area contributed by atoms with E-state index in [1.54, 1.807) is 16.7 Å². The summed E-state index contributed by atoms with van der Waals surface area (Å²) in [4.78, 5) is 23.1. The van der Waals surface area contributed by atoms with Crippen molar-refractivity contribution in [3.63, 3.8) is 0 Å². The molecule has 1 aromatic carbocycles. The van der Waals surface area contributed by atoms with Gasteiger partial charge in [-0.2, -0.15) is 5.26 Å². The molecule has 1 saturated heterocycles. The highest BCUT2D eigenvalue weighted by Crippen LogP contribution is 2.30. The average molecular weight is 425 g/mol. The molecule has 4 heterocycles. The van der Waals surface area contributed by atoms with Crippen LogP contribution in [0.3, 0.4) is 0 Å². The molecule has 1 aliphatic rings. The minimum Gasteiger partial charge on any atom is -0.378 e. The molecule has 1 N–H and O–H groups in total. The first-order chi connectivity index (χ1) is 15.6. The van der Waals surface area contributed by atoms with Crippen molar-refractivity contribution in [3.8, 4) is 17.2 Å². The topological polar surface area (TPSA) is 86.9 Å². The average Bonchev–Trinajstić information content (AvgIpc) is 3.27. The monoisotopic (exact) mass is 425 g/mol. The number of hydrogen-bond acceptors (Lipinski definition) is 5. The number of anilines is 1. The summed E-state index contributed by atoms with van der Waals surface area (Å²) < 4.78 is 7.14. The lowest BCUT2D eigenvalue weighted by Crippen LogP contribution is -2.36. The maximum atomic E-state index is 13.0. The van der Waals surface area contributed by atoms with E-state index < -0.39 is 0 Å². The molecule has 0 bridgehead atoms. The minimum atomic E-state index is -0.178. The van der Waals surface area contributed by atoms with E-state index in [9.17, 15) is 4.79 Å².